The topological polar surface area (TPSA) is 93.8 Å². The van der Waals surface area contributed by atoms with E-state index in [0.29, 0.717) is 0 Å². The molecule has 0 bridgehead atoms. The van der Waals surface area contributed by atoms with Crippen LogP contribution in [0.2, 0.25) is 0 Å². The Morgan fingerprint density at radius 1 is 1.36 bits per heavy atom. The summed E-state index contributed by atoms with van der Waals surface area (Å²) in [6.07, 6.45) is -0.414. The van der Waals surface area contributed by atoms with Crippen LogP contribution >= 0.6 is 24.0 Å². The highest BCUT2D eigenvalue weighted by Gasteiger charge is 2.25. The Balaban J connectivity index is 0.00000242. The predicted molar refractivity (Wildman–Crippen MR) is 99.8 cm³/mol. The molecular weight excluding hydrogens is 417 g/mol. The molecule has 0 saturated carbocycles. The molecular formula is C14H22IN3O3S. The third-order valence-electron chi connectivity index (χ3n) is 3.15. The van der Waals surface area contributed by atoms with E-state index in [1.165, 1.54) is 0 Å². The number of rotatable bonds is 3. The standard InChI is InChI=1S/C14H21N3O3S.HI/c1-10-5-11(2)7-12(6-10)17-14(15)16-8-13-9-21(18,19)4-3-20-13;/h5-7,13H,3-4,8-9H2,1-2H3,(H3,15,16,17);1H. The lowest BCUT2D eigenvalue weighted by Crippen LogP contribution is -2.37. The number of nitrogens with two attached hydrogens (primary N) is 1. The Bertz CT molecular complexity index is 626. The monoisotopic (exact) mass is 439 g/mol. The number of hydrogen-bond acceptors (Lipinski definition) is 4. The Kier molecular flexibility index (Phi) is 7.07. The van der Waals surface area contributed by atoms with Crippen molar-refractivity contribution < 1.29 is 13.2 Å². The van der Waals surface area contributed by atoms with Crippen molar-refractivity contribution in [1.29, 1.82) is 0 Å². The summed E-state index contributed by atoms with van der Waals surface area (Å²) in [7, 11) is -3.01. The largest absolute Gasteiger partial charge is 0.374 e. The first-order valence-electron chi connectivity index (χ1n) is 6.81. The van der Waals surface area contributed by atoms with Gasteiger partial charge in [0, 0.05) is 5.69 Å². The first-order chi connectivity index (χ1) is 9.84. The molecule has 1 aliphatic rings. The van der Waals surface area contributed by atoms with Crippen molar-refractivity contribution in [2.45, 2.75) is 20.0 Å². The van der Waals surface area contributed by atoms with Crippen LogP contribution in [0.3, 0.4) is 0 Å². The average Bonchev–Trinajstić information content (AvgIpc) is 2.34. The van der Waals surface area contributed by atoms with Crippen LogP contribution < -0.4 is 11.1 Å². The van der Waals surface area contributed by atoms with E-state index in [1.807, 2.05) is 26.0 Å². The molecule has 124 valence electrons. The number of aliphatic imine (C=N–C) groups is 1. The number of nitrogens with one attached hydrogen (secondary N) is 1. The van der Waals surface area contributed by atoms with E-state index in [9.17, 15) is 8.42 Å². The number of hydrogen-bond donors (Lipinski definition) is 2. The second-order valence-corrected chi connectivity index (χ2v) is 7.56. The second kappa shape index (κ2) is 8.11. The van der Waals surface area contributed by atoms with Gasteiger partial charge in [0.25, 0.3) is 0 Å². The lowest BCUT2D eigenvalue weighted by atomic mass is 10.1. The quantitative estimate of drug-likeness (QED) is 0.423. The van der Waals surface area contributed by atoms with Crippen LogP contribution in [0.15, 0.2) is 23.2 Å². The van der Waals surface area contributed by atoms with Gasteiger partial charge in [-0.25, -0.2) is 8.42 Å². The summed E-state index contributed by atoms with van der Waals surface area (Å²) in [6, 6.07) is 6.01. The molecule has 0 aliphatic carbocycles. The molecule has 0 radical (unpaired) electrons. The molecule has 0 spiro atoms. The molecule has 6 nitrogen and oxygen atoms in total. The molecule has 1 fully saturated rings. The molecule has 1 aliphatic heterocycles. The normalized spacial score (nSPS) is 21.0. The lowest BCUT2D eigenvalue weighted by Gasteiger charge is -2.21. The summed E-state index contributed by atoms with van der Waals surface area (Å²) in [6.45, 7) is 4.48. The van der Waals surface area contributed by atoms with Crippen molar-refractivity contribution in [2.24, 2.45) is 10.7 Å². The van der Waals surface area contributed by atoms with Gasteiger partial charge in [0.15, 0.2) is 15.8 Å². The van der Waals surface area contributed by atoms with Crippen LogP contribution in [0.4, 0.5) is 5.69 Å². The van der Waals surface area contributed by atoms with Gasteiger partial charge in [-0.05, 0) is 37.1 Å². The number of benzene rings is 1. The Hall–Kier alpha value is -0.870. The van der Waals surface area contributed by atoms with Gasteiger partial charge < -0.3 is 15.8 Å². The lowest BCUT2D eigenvalue weighted by molar-refractivity contribution is 0.0783. The molecule has 1 saturated heterocycles. The Morgan fingerprint density at radius 2 is 2.00 bits per heavy atom. The zero-order valence-electron chi connectivity index (χ0n) is 12.7. The highest BCUT2D eigenvalue weighted by molar-refractivity contribution is 14.0. The van der Waals surface area contributed by atoms with E-state index in [1.54, 1.807) is 0 Å². The van der Waals surface area contributed by atoms with Gasteiger partial charge in [0.1, 0.15) is 0 Å². The van der Waals surface area contributed by atoms with Crippen molar-refractivity contribution in [2.75, 3.05) is 30.0 Å². The third-order valence-corrected chi connectivity index (χ3v) is 4.82. The number of nitrogens with zero attached hydrogens (tertiary/aromatic N) is 1. The number of anilines is 1. The number of ether oxygens (including phenoxy) is 1. The fourth-order valence-electron chi connectivity index (χ4n) is 2.30. The maximum atomic E-state index is 11.5. The van der Waals surface area contributed by atoms with Gasteiger partial charge in [-0.2, -0.15) is 0 Å². The molecule has 22 heavy (non-hydrogen) atoms. The minimum absolute atomic E-state index is 0. The number of sulfone groups is 1. The molecule has 0 aromatic heterocycles. The molecule has 1 unspecified atom stereocenters. The Morgan fingerprint density at radius 3 is 2.59 bits per heavy atom. The van der Waals surface area contributed by atoms with Crippen molar-refractivity contribution in [3.8, 4) is 0 Å². The van der Waals surface area contributed by atoms with Crippen LogP contribution in [-0.2, 0) is 14.6 Å². The first kappa shape index (κ1) is 19.2. The van der Waals surface area contributed by atoms with E-state index < -0.39 is 15.9 Å². The van der Waals surface area contributed by atoms with Crippen LogP contribution in [0, 0.1) is 13.8 Å². The first-order valence-corrected chi connectivity index (χ1v) is 8.63. The average molecular weight is 439 g/mol. The van der Waals surface area contributed by atoms with Crippen molar-refractivity contribution in [1.82, 2.24) is 0 Å². The van der Waals surface area contributed by atoms with E-state index in [-0.39, 0.29) is 54.6 Å². The molecule has 1 atom stereocenters. The molecule has 3 N–H and O–H groups in total. The van der Waals surface area contributed by atoms with Crippen LogP contribution in [0.1, 0.15) is 11.1 Å². The van der Waals surface area contributed by atoms with Gasteiger partial charge in [0.05, 0.1) is 30.8 Å². The molecule has 1 heterocycles. The van der Waals surface area contributed by atoms with Gasteiger partial charge in [0.2, 0.25) is 0 Å². The minimum Gasteiger partial charge on any atom is -0.374 e. The molecule has 0 amide bonds. The fraction of sp³-hybridized carbons (Fsp3) is 0.500. The van der Waals surface area contributed by atoms with Crippen molar-refractivity contribution in [3.05, 3.63) is 29.3 Å². The van der Waals surface area contributed by atoms with Gasteiger partial charge >= 0.3 is 0 Å². The summed E-state index contributed by atoms with van der Waals surface area (Å²) < 4.78 is 28.4. The predicted octanol–water partition coefficient (Wildman–Crippen LogP) is 1.46. The highest BCUT2D eigenvalue weighted by atomic mass is 127. The minimum atomic E-state index is -3.01. The zero-order chi connectivity index (χ0) is 15.5. The molecule has 1 aromatic carbocycles. The molecule has 1 aromatic rings. The maximum absolute atomic E-state index is 11.5. The SMILES string of the molecule is Cc1cc(C)cc(NC(N)=NCC2CS(=O)(=O)CCO2)c1.I. The fourth-order valence-corrected chi connectivity index (χ4v) is 3.58. The number of guanidine groups is 1. The number of halogens is 1. The summed E-state index contributed by atoms with van der Waals surface area (Å²) in [5, 5.41) is 3.01. The number of aryl methyl sites for hydroxylation is 2. The molecule has 2 rings (SSSR count). The van der Waals surface area contributed by atoms with Crippen molar-refractivity contribution in [3.63, 3.8) is 0 Å². The van der Waals surface area contributed by atoms with Crippen LogP contribution in [0.25, 0.3) is 0 Å². The van der Waals surface area contributed by atoms with E-state index in [0.717, 1.165) is 16.8 Å². The second-order valence-electron chi connectivity index (χ2n) is 5.33. The maximum Gasteiger partial charge on any atom is 0.193 e. The summed E-state index contributed by atoms with van der Waals surface area (Å²) >= 11 is 0. The highest BCUT2D eigenvalue weighted by Crippen LogP contribution is 2.13. The van der Waals surface area contributed by atoms with E-state index >= 15 is 0 Å². The Labute approximate surface area is 148 Å². The summed E-state index contributed by atoms with van der Waals surface area (Å²) in [4.78, 5) is 4.16. The molecule has 8 heteroatoms. The van der Waals surface area contributed by atoms with E-state index in [2.05, 4.69) is 16.4 Å². The van der Waals surface area contributed by atoms with Gasteiger partial charge in [-0.3, -0.25) is 4.99 Å². The van der Waals surface area contributed by atoms with Crippen LogP contribution in [-0.4, -0.2) is 45.1 Å². The van der Waals surface area contributed by atoms with Crippen molar-refractivity contribution >= 4 is 45.5 Å². The van der Waals surface area contributed by atoms with E-state index in [4.69, 9.17) is 10.5 Å². The van der Waals surface area contributed by atoms with Gasteiger partial charge in [-0.15, -0.1) is 24.0 Å². The third kappa shape index (κ3) is 6.09. The summed E-state index contributed by atoms with van der Waals surface area (Å²) in [5.41, 5.74) is 8.95. The summed E-state index contributed by atoms with van der Waals surface area (Å²) in [5.74, 6) is 0.350. The van der Waals surface area contributed by atoms with Crippen LogP contribution in [0.5, 0.6) is 0 Å². The smallest absolute Gasteiger partial charge is 0.193 e. The zero-order valence-corrected chi connectivity index (χ0v) is 15.9. The van der Waals surface area contributed by atoms with Gasteiger partial charge in [-0.1, -0.05) is 6.07 Å².